The van der Waals surface area contributed by atoms with Crippen molar-refractivity contribution in [1.29, 1.82) is 0 Å². The van der Waals surface area contributed by atoms with Crippen LogP contribution in [-0.2, 0) is 10.2 Å². The summed E-state index contributed by atoms with van der Waals surface area (Å²) in [5, 5.41) is 0. The van der Waals surface area contributed by atoms with E-state index >= 15 is 0 Å². The van der Waals surface area contributed by atoms with E-state index in [-0.39, 0.29) is 17.0 Å². The number of likely N-dealkylation sites (tertiary alicyclic amines) is 1. The first kappa shape index (κ1) is 16.4. The van der Waals surface area contributed by atoms with Gasteiger partial charge in [0.15, 0.2) is 0 Å². The summed E-state index contributed by atoms with van der Waals surface area (Å²) in [6.07, 6.45) is 5.34. The maximum Gasteiger partial charge on any atom is 0.410 e. The lowest BCUT2D eigenvalue weighted by Gasteiger charge is -2.45. The summed E-state index contributed by atoms with van der Waals surface area (Å²) in [6.45, 7) is 8.87. The van der Waals surface area contributed by atoms with Crippen molar-refractivity contribution in [3.05, 3.63) is 35.9 Å². The largest absolute Gasteiger partial charge is 0.444 e. The molecule has 3 rings (SSSR count). The number of carbonyl (C=O) groups excluding carboxylic acids is 1. The van der Waals surface area contributed by atoms with E-state index in [1.54, 1.807) is 0 Å². The molecule has 1 saturated carbocycles. The summed E-state index contributed by atoms with van der Waals surface area (Å²) in [5.74, 6) is 0. The van der Waals surface area contributed by atoms with Crippen molar-refractivity contribution in [1.82, 2.24) is 4.90 Å². The second-order valence-corrected chi connectivity index (χ2v) is 8.07. The molecule has 2 aliphatic rings. The van der Waals surface area contributed by atoms with Gasteiger partial charge in [-0.25, -0.2) is 4.79 Å². The molecule has 1 aromatic carbocycles. The highest BCUT2D eigenvalue weighted by molar-refractivity contribution is 5.70. The van der Waals surface area contributed by atoms with Crippen LogP contribution in [0.3, 0.4) is 0 Å². The third-order valence-electron chi connectivity index (χ3n) is 5.65. The number of amides is 1. The molecule has 3 nitrogen and oxygen atoms in total. The Morgan fingerprint density at radius 1 is 1.17 bits per heavy atom. The van der Waals surface area contributed by atoms with Crippen molar-refractivity contribution in [3.8, 4) is 0 Å². The van der Waals surface area contributed by atoms with Crippen molar-refractivity contribution in [2.75, 3.05) is 6.54 Å². The highest BCUT2D eigenvalue weighted by atomic mass is 16.6. The molecular weight excluding hydrogens is 286 g/mol. The first-order valence-corrected chi connectivity index (χ1v) is 8.91. The van der Waals surface area contributed by atoms with Crippen LogP contribution in [0.1, 0.15) is 65.4 Å². The first-order chi connectivity index (χ1) is 10.8. The van der Waals surface area contributed by atoms with Crippen LogP contribution >= 0.6 is 0 Å². The molecule has 23 heavy (non-hydrogen) atoms. The Balaban J connectivity index is 1.95. The van der Waals surface area contributed by atoms with E-state index in [9.17, 15) is 4.79 Å². The number of ether oxygens (including phenoxy) is 1. The second kappa shape index (κ2) is 5.54. The molecular formula is C20H29NO2. The highest BCUT2D eigenvalue weighted by Gasteiger charge is 2.64. The van der Waals surface area contributed by atoms with Crippen molar-refractivity contribution in [2.45, 2.75) is 76.4 Å². The van der Waals surface area contributed by atoms with Gasteiger partial charge < -0.3 is 9.64 Å². The molecule has 1 amide bonds. The van der Waals surface area contributed by atoms with Crippen molar-refractivity contribution in [3.63, 3.8) is 0 Å². The zero-order valence-corrected chi connectivity index (χ0v) is 14.9. The van der Waals surface area contributed by atoms with Crippen LogP contribution in [0.2, 0.25) is 0 Å². The fourth-order valence-corrected chi connectivity index (χ4v) is 4.57. The smallest absolute Gasteiger partial charge is 0.410 e. The van der Waals surface area contributed by atoms with Crippen LogP contribution in [0.5, 0.6) is 0 Å². The predicted molar refractivity (Wildman–Crippen MR) is 92.6 cm³/mol. The van der Waals surface area contributed by atoms with Crippen LogP contribution in [-0.4, -0.2) is 28.7 Å². The molecule has 1 aromatic rings. The Morgan fingerprint density at radius 3 is 2.35 bits per heavy atom. The Kier molecular flexibility index (Phi) is 3.94. The summed E-state index contributed by atoms with van der Waals surface area (Å²) in [6, 6.07) is 10.8. The molecule has 0 N–H and O–H groups in total. The van der Waals surface area contributed by atoms with Gasteiger partial charge in [-0.3, -0.25) is 0 Å². The third kappa shape index (κ3) is 2.64. The van der Waals surface area contributed by atoms with Gasteiger partial charge in [-0.1, -0.05) is 37.3 Å². The molecule has 0 radical (unpaired) electrons. The topological polar surface area (TPSA) is 29.5 Å². The molecule has 2 fully saturated rings. The van der Waals surface area contributed by atoms with E-state index < -0.39 is 5.60 Å². The normalized spacial score (nSPS) is 26.2. The minimum Gasteiger partial charge on any atom is -0.444 e. The zero-order chi connectivity index (χ0) is 16.7. The molecule has 1 unspecified atom stereocenters. The fourth-order valence-electron chi connectivity index (χ4n) is 4.57. The summed E-state index contributed by atoms with van der Waals surface area (Å²) >= 11 is 0. The van der Waals surface area contributed by atoms with Crippen LogP contribution in [0, 0.1) is 0 Å². The molecule has 126 valence electrons. The SMILES string of the molecule is CCC1(C2(c3ccccc3)CC2)CCCN1C(=O)OC(C)(C)C. The molecule has 0 aromatic heterocycles. The van der Waals surface area contributed by atoms with E-state index in [1.165, 1.54) is 18.4 Å². The van der Waals surface area contributed by atoms with Gasteiger partial charge in [0.25, 0.3) is 0 Å². The van der Waals surface area contributed by atoms with Crippen molar-refractivity contribution < 1.29 is 9.53 Å². The van der Waals surface area contributed by atoms with E-state index in [2.05, 4.69) is 42.2 Å². The lowest BCUT2D eigenvalue weighted by Crippen LogP contribution is -2.56. The van der Waals surface area contributed by atoms with Crippen molar-refractivity contribution in [2.24, 2.45) is 0 Å². The van der Waals surface area contributed by atoms with Crippen molar-refractivity contribution >= 4 is 6.09 Å². The lowest BCUT2D eigenvalue weighted by molar-refractivity contribution is -0.00145. The van der Waals surface area contributed by atoms with Gasteiger partial charge in [-0.2, -0.15) is 0 Å². The monoisotopic (exact) mass is 315 g/mol. The Hall–Kier alpha value is -1.51. The van der Waals surface area contributed by atoms with Gasteiger partial charge in [0, 0.05) is 12.0 Å². The molecule has 1 atom stereocenters. The number of nitrogens with zero attached hydrogens (tertiary/aromatic N) is 1. The lowest BCUT2D eigenvalue weighted by atomic mass is 9.72. The van der Waals surface area contributed by atoms with Gasteiger partial charge in [0.1, 0.15) is 5.60 Å². The van der Waals surface area contributed by atoms with Gasteiger partial charge in [-0.05, 0) is 58.4 Å². The summed E-state index contributed by atoms with van der Waals surface area (Å²) in [7, 11) is 0. The van der Waals surface area contributed by atoms with Crippen LogP contribution in [0.25, 0.3) is 0 Å². The molecule has 3 heteroatoms. The number of carbonyl (C=O) groups is 1. The molecule has 1 aliphatic heterocycles. The quantitative estimate of drug-likeness (QED) is 0.794. The second-order valence-electron chi connectivity index (χ2n) is 8.07. The van der Waals surface area contributed by atoms with Crippen LogP contribution in [0.15, 0.2) is 30.3 Å². The standard InChI is InChI=1S/C20H29NO2/c1-5-20(19(13-14-19)16-10-7-6-8-11-16)12-9-15-21(20)17(22)23-18(2,3)4/h6-8,10-11H,5,9,12-15H2,1-4H3. The maximum atomic E-state index is 12.8. The van der Waals surface area contributed by atoms with Gasteiger partial charge in [0.05, 0.1) is 5.54 Å². The van der Waals surface area contributed by atoms with E-state index in [0.717, 1.165) is 25.8 Å². The Labute approximate surface area is 140 Å². The van der Waals surface area contributed by atoms with Crippen LogP contribution in [0.4, 0.5) is 4.79 Å². The molecule has 1 saturated heterocycles. The Morgan fingerprint density at radius 2 is 1.83 bits per heavy atom. The number of hydrogen-bond donors (Lipinski definition) is 0. The minimum atomic E-state index is -0.442. The molecule has 0 spiro atoms. The highest BCUT2D eigenvalue weighted by Crippen LogP contribution is 2.62. The molecule has 1 aliphatic carbocycles. The van der Waals surface area contributed by atoms with E-state index in [1.807, 2.05) is 20.8 Å². The predicted octanol–water partition coefficient (Wildman–Crippen LogP) is 4.90. The third-order valence-corrected chi connectivity index (χ3v) is 5.65. The van der Waals surface area contributed by atoms with Gasteiger partial charge in [0.2, 0.25) is 0 Å². The average molecular weight is 315 g/mol. The van der Waals surface area contributed by atoms with E-state index in [0.29, 0.717) is 0 Å². The van der Waals surface area contributed by atoms with Crippen LogP contribution < -0.4 is 0 Å². The summed E-state index contributed by atoms with van der Waals surface area (Å²) < 4.78 is 5.72. The summed E-state index contributed by atoms with van der Waals surface area (Å²) in [5.41, 5.74) is 0.979. The number of benzene rings is 1. The zero-order valence-electron chi connectivity index (χ0n) is 14.9. The number of hydrogen-bond acceptors (Lipinski definition) is 2. The van der Waals surface area contributed by atoms with Gasteiger partial charge >= 0.3 is 6.09 Å². The Bertz CT molecular complexity index is 571. The maximum absolute atomic E-state index is 12.8. The number of rotatable bonds is 3. The fraction of sp³-hybridized carbons (Fsp3) is 0.650. The first-order valence-electron chi connectivity index (χ1n) is 8.91. The molecule has 0 bridgehead atoms. The minimum absolute atomic E-state index is 0.0866. The van der Waals surface area contributed by atoms with E-state index in [4.69, 9.17) is 4.74 Å². The van der Waals surface area contributed by atoms with Gasteiger partial charge in [-0.15, -0.1) is 0 Å². The summed E-state index contributed by atoms with van der Waals surface area (Å²) in [4.78, 5) is 14.9. The molecule has 1 heterocycles. The average Bonchev–Trinajstić information content (AvgIpc) is 3.20.